The Morgan fingerprint density at radius 3 is 2.65 bits per heavy atom. The summed E-state index contributed by atoms with van der Waals surface area (Å²) in [6, 6.07) is 2.85. The maximum absolute atomic E-state index is 13.5. The minimum Gasteiger partial charge on any atom is -0.327 e. The van der Waals surface area contributed by atoms with Crippen molar-refractivity contribution in [3.63, 3.8) is 0 Å². The first-order chi connectivity index (χ1) is 8.09. The Labute approximate surface area is 102 Å². The summed E-state index contributed by atoms with van der Waals surface area (Å²) in [4.78, 5) is -0.0626. The molecule has 1 fully saturated rings. The van der Waals surface area contributed by atoms with Crippen molar-refractivity contribution < 1.29 is 13.0 Å². The van der Waals surface area contributed by atoms with Gasteiger partial charge in [0.05, 0.1) is 20.9 Å². The molecule has 1 aliphatic rings. The van der Waals surface area contributed by atoms with Gasteiger partial charge in [0.1, 0.15) is 11.6 Å². The van der Waals surface area contributed by atoms with E-state index in [-0.39, 0.29) is 16.2 Å². The fourth-order valence-electron chi connectivity index (χ4n) is 2.19. The Morgan fingerprint density at radius 2 is 1.94 bits per heavy atom. The number of hydrogen-bond donors (Lipinski definition) is 1. The predicted molar refractivity (Wildman–Crippen MR) is 63.0 cm³/mol. The lowest BCUT2D eigenvalue weighted by Gasteiger charge is -2.27. The Bertz CT molecular complexity index is 439. The zero-order valence-electron chi connectivity index (χ0n) is 9.36. The fourth-order valence-corrected chi connectivity index (χ4v) is 3.84. The highest BCUT2D eigenvalue weighted by Gasteiger charge is 2.29. The molecule has 2 N–H and O–H groups in total. The van der Waals surface area contributed by atoms with E-state index in [2.05, 4.69) is 0 Å². The summed E-state index contributed by atoms with van der Waals surface area (Å²) in [7, 11) is -1.56. The van der Waals surface area contributed by atoms with Gasteiger partial charge in [-0.2, -0.15) is 0 Å². The molecule has 0 heterocycles. The maximum atomic E-state index is 13.5. The lowest BCUT2D eigenvalue weighted by molar-refractivity contribution is 0.443. The van der Waals surface area contributed by atoms with Crippen molar-refractivity contribution in [3.05, 3.63) is 29.8 Å². The Morgan fingerprint density at radius 1 is 1.24 bits per heavy atom. The van der Waals surface area contributed by atoms with Gasteiger partial charge in [-0.1, -0.05) is 12.8 Å². The van der Waals surface area contributed by atoms with Gasteiger partial charge in [0, 0.05) is 6.04 Å². The minimum absolute atomic E-state index is 0.0626. The predicted octanol–water partition coefficient (Wildman–Crippen LogP) is 2.34. The van der Waals surface area contributed by atoms with E-state index >= 15 is 0 Å². The summed E-state index contributed by atoms with van der Waals surface area (Å²) in [6.07, 6.45) is 3.47. The molecule has 0 bridgehead atoms. The SMILES string of the molecule is NC1CCCCC1S(=O)c1cc(F)ccc1F. The molecule has 1 aromatic rings. The minimum atomic E-state index is -1.56. The van der Waals surface area contributed by atoms with Crippen LogP contribution in [0.4, 0.5) is 8.78 Å². The molecule has 0 radical (unpaired) electrons. The van der Waals surface area contributed by atoms with Crippen LogP contribution in [-0.4, -0.2) is 15.5 Å². The van der Waals surface area contributed by atoms with Crippen LogP contribution in [0.5, 0.6) is 0 Å². The lowest BCUT2D eigenvalue weighted by atomic mass is 9.96. The molecule has 3 atom stereocenters. The van der Waals surface area contributed by atoms with E-state index < -0.39 is 22.4 Å². The van der Waals surface area contributed by atoms with E-state index in [0.717, 1.165) is 37.5 Å². The van der Waals surface area contributed by atoms with Gasteiger partial charge in [-0.15, -0.1) is 0 Å². The molecule has 0 aromatic heterocycles. The molecule has 0 saturated heterocycles. The number of nitrogens with two attached hydrogens (primary N) is 1. The Kier molecular flexibility index (Phi) is 3.89. The second-order valence-corrected chi connectivity index (χ2v) is 6.00. The molecule has 5 heteroatoms. The van der Waals surface area contributed by atoms with Crippen LogP contribution in [0.25, 0.3) is 0 Å². The van der Waals surface area contributed by atoms with Crippen molar-refractivity contribution in [3.8, 4) is 0 Å². The van der Waals surface area contributed by atoms with Gasteiger partial charge in [-0.05, 0) is 31.0 Å². The molecular weight excluding hydrogens is 244 g/mol. The van der Waals surface area contributed by atoms with Gasteiger partial charge < -0.3 is 5.73 Å². The van der Waals surface area contributed by atoms with E-state index in [4.69, 9.17) is 5.73 Å². The number of hydrogen-bond acceptors (Lipinski definition) is 2. The Balaban J connectivity index is 2.26. The average molecular weight is 259 g/mol. The highest BCUT2D eigenvalue weighted by atomic mass is 32.2. The summed E-state index contributed by atoms with van der Waals surface area (Å²) in [5, 5.41) is -0.264. The first kappa shape index (κ1) is 12.6. The standard InChI is InChI=1S/C12H15F2NOS/c13-8-5-6-9(14)12(7-8)17(16)11-4-2-1-3-10(11)15/h5-7,10-11H,1-4,15H2. The van der Waals surface area contributed by atoms with Gasteiger partial charge >= 0.3 is 0 Å². The third-order valence-electron chi connectivity index (χ3n) is 3.14. The quantitative estimate of drug-likeness (QED) is 0.886. The summed E-state index contributed by atoms with van der Waals surface area (Å²) < 4.78 is 38.7. The van der Waals surface area contributed by atoms with E-state index in [1.165, 1.54) is 0 Å². The molecule has 2 nitrogen and oxygen atoms in total. The van der Waals surface area contributed by atoms with Gasteiger partial charge in [-0.25, -0.2) is 8.78 Å². The van der Waals surface area contributed by atoms with E-state index in [0.29, 0.717) is 6.42 Å². The number of halogens is 2. The van der Waals surface area contributed by atoms with E-state index in [1.54, 1.807) is 0 Å². The molecular formula is C12H15F2NOS. The van der Waals surface area contributed by atoms with Crippen LogP contribution in [0.1, 0.15) is 25.7 Å². The molecule has 1 saturated carbocycles. The summed E-state index contributed by atoms with van der Waals surface area (Å²) in [5.74, 6) is -1.19. The molecule has 1 aliphatic carbocycles. The molecule has 3 unspecified atom stereocenters. The highest BCUT2D eigenvalue weighted by Crippen LogP contribution is 2.26. The van der Waals surface area contributed by atoms with Gasteiger partial charge in [-0.3, -0.25) is 4.21 Å². The zero-order chi connectivity index (χ0) is 12.4. The van der Waals surface area contributed by atoms with E-state index in [9.17, 15) is 13.0 Å². The summed E-state index contributed by atoms with van der Waals surface area (Å²) in [6.45, 7) is 0. The molecule has 0 amide bonds. The highest BCUT2D eigenvalue weighted by molar-refractivity contribution is 7.85. The van der Waals surface area contributed by atoms with Crippen LogP contribution in [-0.2, 0) is 10.8 Å². The van der Waals surface area contributed by atoms with E-state index in [1.807, 2.05) is 0 Å². The van der Waals surface area contributed by atoms with Gasteiger partial charge in [0.15, 0.2) is 0 Å². The normalized spacial score (nSPS) is 26.8. The topological polar surface area (TPSA) is 43.1 Å². The zero-order valence-corrected chi connectivity index (χ0v) is 10.2. The lowest BCUT2D eigenvalue weighted by Crippen LogP contribution is -2.40. The van der Waals surface area contributed by atoms with Crippen LogP contribution in [0.3, 0.4) is 0 Å². The first-order valence-electron chi connectivity index (χ1n) is 5.71. The monoisotopic (exact) mass is 259 g/mol. The van der Waals surface area contributed by atoms with Crippen molar-refractivity contribution in [2.24, 2.45) is 5.73 Å². The summed E-state index contributed by atoms with van der Waals surface area (Å²) in [5.41, 5.74) is 5.90. The van der Waals surface area contributed by atoms with Crippen LogP contribution in [0.15, 0.2) is 23.1 Å². The second kappa shape index (κ2) is 5.23. The van der Waals surface area contributed by atoms with Crippen LogP contribution >= 0.6 is 0 Å². The smallest absolute Gasteiger partial charge is 0.139 e. The van der Waals surface area contributed by atoms with Crippen molar-refractivity contribution >= 4 is 10.8 Å². The number of rotatable bonds is 2. The van der Waals surface area contributed by atoms with Crippen molar-refractivity contribution in [1.82, 2.24) is 0 Å². The molecule has 0 aliphatic heterocycles. The molecule has 0 spiro atoms. The fraction of sp³-hybridized carbons (Fsp3) is 0.500. The van der Waals surface area contributed by atoms with Crippen molar-refractivity contribution in [1.29, 1.82) is 0 Å². The molecule has 1 aromatic carbocycles. The average Bonchev–Trinajstić information content (AvgIpc) is 2.32. The van der Waals surface area contributed by atoms with Crippen LogP contribution < -0.4 is 5.73 Å². The third-order valence-corrected chi connectivity index (χ3v) is 5.02. The van der Waals surface area contributed by atoms with Crippen molar-refractivity contribution in [2.45, 2.75) is 41.9 Å². The second-order valence-electron chi connectivity index (χ2n) is 4.36. The van der Waals surface area contributed by atoms with Crippen LogP contribution in [0, 0.1) is 11.6 Å². The Hall–Kier alpha value is -0.810. The van der Waals surface area contributed by atoms with Crippen LogP contribution in [0.2, 0.25) is 0 Å². The molecule has 94 valence electrons. The van der Waals surface area contributed by atoms with Gasteiger partial charge in [0.2, 0.25) is 0 Å². The van der Waals surface area contributed by atoms with Crippen molar-refractivity contribution in [2.75, 3.05) is 0 Å². The summed E-state index contributed by atoms with van der Waals surface area (Å²) >= 11 is 0. The molecule has 2 rings (SSSR count). The number of benzene rings is 1. The molecule has 17 heavy (non-hydrogen) atoms. The largest absolute Gasteiger partial charge is 0.327 e. The maximum Gasteiger partial charge on any atom is 0.139 e. The van der Waals surface area contributed by atoms with Gasteiger partial charge in [0.25, 0.3) is 0 Å². The first-order valence-corrected chi connectivity index (χ1v) is 6.92. The third kappa shape index (κ3) is 2.72.